The van der Waals surface area contributed by atoms with Crippen LogP contribution in [0.2, 0.25) is 0 Å². The summed E-state index contributed by atoms with van der Waals surface area (Å²) in [4.78, 5) is 19.7. The lowest BCUT2D eigenvalue weighted by molar-refractivity contribution is -0.385. The highest BCUT2D eigenvalue weighted by atomic mass is 19.4. The molecule has 0 saturated carbocycles. The molecule has 0 spiro atoms. The number of hydrogen-bond acceptors (Lipinski definition) is 3. The molecule has 7 heteroatoms. The van der Waals surface area contributed by atoms with E-state index >= 15 is 0 Å². The fourth-order valence-corrected chi connectivity index (χ4v) is 0.992. The van der Waals surface area contributed by atoms with E-state index in [0.717, 1.165) is 0 Å². The number of aldehydes is 1. The van der Waals surface area contributed by atoms with E-state index in [1.165, 1.54) is 0 Å². The van der Waals surface area contributed by atoms with Gasteiger partial charge in [0.2, 0.25) is 0 Å². The Morgan fingerprint density at radius 2 is 1.93 bits per heavy atom. The zero-order chi connectivity index (χ0) is 11.6. The molecule has 1 aromatic rings. The van der Waals surface area contributed by atoms with Gasteiger partial charge in [-0.1, -0.05) is 0 Å². The summed E-state index contributed by atoms with van der Waals surface area (Å²) in [7, 11) is 0. The van der Waals surface area contributed by atoms with E-state index < -0.39 is 27.9 Å². The Labute approximate surface area is 81.5 Å². The SMILES string of the molecule is O=Cc1cc(C(F)(F)F)ccc1[N+](=O)[O-]. The first-order chi connectivity index (χ1) is 6.86. The van der Waals surface area contributed by atoms with Crippen LogP contribution in [0.25, 0.3) is 0 Å². The Balaban J connectivity index is 3.31. The summed E-state index contributed by atoms with van der Waals surface area (Å²) in [6.07, 6.45) is -4.60. The summed E-state index contributed by atoms with van der Waals surface area (Å²) >= 11 is 0. The molecule has 0 aromatic heterocycles. The van der Waals surface area contributed by atoms with Gasteiger partial charge in [0.15, 0.2) is 6.29 Å². The first-order valence-electron chi connectivity index (χ1n) is 3.67. The quantitative estimate of drug-likeness (QED) is 0.436. The minimum Gasteiger partial charge on any atom is -0.298 e. The van der Waals surface area contributed by atoms with E-state index in [2.05, 4.69) is 0 Å². The number of nitrogens with zero attached hydrogens (tertiary/aromatic N) is 1. The maximum absolute atomic E-state index is 12.2. The van der Waals surface area contributed by atoms with Crippen molar-refractivity contribution in [1.82, 2.24) is 0 Å². The summed E-state index contributed by atoms with van der Waals surface area (Å²) in [5.74, 6) is 0. The van der Waals surface area contributed by atoms with Gasteiger partial charge in [-0.15, -0.1) is 0 Å². The Morgan fingerprint density at radius 3 is 2.33 bits per heavy atom. The molecule has 0 saturated heterocycles. The number of hydrogen-bond donors (Lipinski definition) is 0. The number of alkyl halides is 3. The van der Waals surface area contributed by atoms with Crippen molar-refractivity contribution >= 4 is 12.0 Å². The van der Waals surface area contributed by atoms with Crippen LogP contribution in [-0.2, 0) is 6.18 Å². The molecule has 0 heterocycles. The monoisotopic (exact) mass is 219 g/mol. The topological polar surface area (TPSA) is 60.2 Å². The van der Waals surface area contributed by atoms with E-state index in [1.54, 1.807) is 0 Å². The van der Waals surface area contributed by atoms with Crippen LogP contribution in [0.4, 0.5) is 18.9 Å². The molecular formula is C8H4F3NO3. The normalized spacial score (nSPS) is 11.1. The molecule has 0 aliphatic carbocycles. The van der Waals surface area contributed by atoms with E-state index in [1.807, 2.05) is 0 Å². The largest absolute Gasteiger partial charge is 0.416 e. The van der Waals surface area contributed by atoms with Crippen LogP contribution in [0.3, 0.4) is 0 Å². The molecule has 80 valence electrons. The van der Waals surface area contributed by atoms with Gasteiger partial charge in [-0.25, -0.2) is 0 Å². The van der Waals surface area contributed by atoms with Crippen molar-refractivity contribution < 1.29 is 22.9 Å². The van der Waals surface area contributed by atoms with E-state index in [9.17, 15) is 28.1 Å². The van der Waals surface area contributed by atoms with Crippen molar-refractivity contribution in [2.24, 2.45) is 0 Å². The molecular weight excluding hydrogens is 215 g/mol. The van der Waals surface area contributed by atoms with Crippen LogP contribution in [-0.4, -0.2) is 11.2 Å². The molecule has 0 radical (unpaired) electrons. The Hall–Kier alpha value is -1.92. The van der Waals surface area contributed by atoms with Gasteiger partial charge in [0.05, 0.1) is 16.1 Å². The van der Waals surface area contributed by atoms with Crippen molar-refractivity contribution in [3.63, 3.8) is 0 Å². The van der Waals surface area contributed by atoms with Crippen molar-refractivity contribution in [1.29, 1.82) is 0 Å². The molecule has 4 nitrogen and oxygen atoms in total. The average molecular weight is 219 g/mol. The standard InChI is InChI=1S/C8H4F3NO3/c9-8(10,11)6-1-2-7(12(14)15)5(3-6)4-13/h1-4H. The number of nitro benzene ring substituents is 1. The second kappa shape index (κ2) is 3.68. The number of carbonyl (C=O) groups excluding carboxylic acids is 1. The highest BCUT2D eigenvalue weighted by Gasteiger charge is 2.32. The van der Waals surface area contributed by atoms with Gasteiger partial charge in [0.1, 0.15) is 0 Å². The lowest BCUT2D eigenvalue weighted by Crippen LogP contribution is -2.06. The summed E-state index contributed by atoms with van der Waals surface area (Å²) in [5, 5.41) is 10.3. The van der Waals surface area contributed by atoms with Crippen LogP contribution in [0.5, 0.6) is 0 Å². The van der Waals surface area contributed by atoms with Crippen LogP contribution in [0, 0.1) is 10.1 Å². The Bertz CT molecular complexity index is 414. The van der Waals surface area contributed by atoms with Crippen molar-refractivity contribution in [3.05, 3.63) is 39.4 Å². The number of nitro groups is 1. The smallest absolute Gasteiger partial charge is 0.298 e. The Morgan fingerprint density at radius 1 is 1.33 bits per heavy atom. The number of halogens is 3. The minimum atomic E-state index is -4.62. The number of rotatable bonds is 2. The lowest BCUT2D eigenvalue weighted by Gasteiger charge is -2.06. The molecule has 0 amide bonds. The molecule has 0 fully saturated rings. The number of carbonyl (C=O) groups is 1. The molecule has 0 bridgehead atoms. The first kappa shape index (κ1) is 11.2. The molecule has 0 unspecified atom stereocenters. The molecule has 0 atom stereocenters. The minimum absolute atomic E-state index is 0.0212. The predicted molar refractivity (Wildman–Crippen MR) is 43.5 cm³/mol. The molecule has 1 rings (SSSR count). The molecule has 0 aliphatic heterocycles. The van der Waals surface area contributed by atoms with Crippen molar-refractivity contribution in [2.45, 2.75) is 6.18 Å². The van der Waals surface area contributed by atoms with Gasteiger partial charge >= 0.3 is 6.18 Å². The maximum atomic E-state index is 12.2. The molecule has 15 heavy (non-hydrogen) atoms. The van der Waals surface area contributed by atoms with Gasteiger partial charge in [0.25, 0.3) is 5.69 Å². The zero-order valence-electron chi connectivity index (χ0n) is 7.12. The second-order valence-corrected chi connectivity index (χ2v) is 2.65. The molecule has 0 aliphatic rings. The first-order valence-corrected chi connectivity index (χ1v) is 3.67. The fraction of sp³-hybridized carbons (Fsp3) is 0.125. The van der Waals surface area contributed by atoms with Gasteiger partial charge < -0.3 is 0 Å². The van der Waals surface area contributed by atoms with Gasteiger partial charge in [-0.3, -0.25) is 14.9 Å². The van der Waals surface area contributed by atoms with E-state index in [4.69, 9.17) is 0 Å². The summed E-state index contributed by atoms with van der Waals surface area (Å²) in [6, 6.07) is 1.67. The van der Waals surface area contributed by atoms with Crippen molar-refractivity contribution in [2.75, 3.05) is 0 Å². The zero-order valence-corrected chi connectivity index (χ0v) is 7.12. The highest BCUT2D eigenvalue weighted by Crippen LogP contribution is 2.31. The Kier molecular flexibility index (Phi) is 2.74. The van der Waals surface area contributed by atoms with Gasteiger partial charge in [-0.05, 0) is 12.1 Å². The van der Waals surface area contributed by atoms with Crippen molar-refractivity contribution in [3.8, 4) is 0 Å². The van der Waals surface area contributed by atoms with Crippen LogP contribution in [0.1, 0.15) is 15.9 Å². The molecule has 1 aromatic carbocycles. The second-order valence-electron chi connectivity index (χ2n) is 2.65. The predicted octanol–water partition coefficient (Wildman–Crippen LogP) is 2.43. The molecule has 0 N–H and O–H groups in total. The maximum Gasteiger partial charge on any atom is 0.416 e. The summed E-state index contributed by atoms with van der Waals surface area (Å²) < 4.78 is 36.5. The van der Waals surface area contributed by atoms with Crippen LogP contribution >= 0.6 is 0 Å². The lowest BCUT2D eigenvalue weighted by atomic mass is 10.1. The highest BCUT2D eigenvalue weighted by molar-refractivity contribution is 5.81. The van der Waals surface area contributed by atoms with Gasteiger partial charge in [-0.2, -0.15) is 13.2 Å². The third-order valence-corrected chi connectivity index (χ3v) is 1.68. The van der Waals surface area contributed by atoms with E-state index in [0.29, 0.717) is 18.2 Å². The van der Waals surface area contributed by atoms with Crippen LogP contribution in [0.15, 0.2) is 18.2 Å². The summed E-state index contributed by atoms with van der Waals surface area (Å²) in [6.45, 7) is 0. The third kappa shape index (κ3) is 2.30. The number of benzene rings is 1. The van der Waals surface area contributed by atoms with Crippen LogP contribution < -0.4 is 0 Å². The third-order valence-electron chi connectivity index (χ3n) is 1.68. The fourth-order valence-electron chi connectivity index (χ4n) is 0.992. The average Bonchev–Trinajstić information content (AvgIpc) is 2.15. The van der Waals surface area contributed by atoms with E-state index in [-0.39, 0.29) is 6.29 Å². The summed E-state index contributed by atoms with van der Waals surface area (Å²) in [5.41, 5.74) is -2.32. The van der Waals surface area contributed by atoms with Gasteiger partial charge in [0, 0.05) is 6.07 Å².